The van der Waals surface area contributed by atoms with Gasteiger partial charge in [0.15, 0.2) is 0 Å². The fourth-order valence-corrected chi connectivity index (χ4v) is 2.84. The minimum atomic E-state index is -0.504. The fourth-order valence-electron chi connectivity index (χ4n) is 2.48. The van der Waals surface area contributed by atoms with Crippen molar-refractivity contribution in [1.82, 2.24) is 0 Å². The molecule has 106 valence electrons. The molecule has 1 fully saturated rings. The summed E-state index contributed by atoms with van der Waals surface area (Å²) in [5.74, 6) is 0.751. The highest BCUT2D eigenvalue weighted by Crippen LogP contribution is 2.34. The Hall–Kier alpha value is -0.580. The lowest BCUT2D eigenvalue weighted by atomic mass is 10.00. The summed E-state index contributed by atoms with van der Waals surface area (Å²) in [4.78, 5) is 0. The van der Waals surface area contributed by atoms with Gasteiger partial charge in [-0.05, 0) is 50.3 Å². The number of aliphatic hydroxyl groups is 1. The Morgan fingerprint density at radius 3 is 2.95 bits per heavy atom. The predicted molar refractivity (Wildman–Crippen MR) is 78.6 cm³/mol. The first-order valence-corrected chi connectivity index (χ1v) is 7.55. The highest BCUT2D eigenvalue weighted by molar-refractivity contribution is 9.10. The Morgan fingerprint density at radius 1 is 1.53 bits per heavy atom. The van der Waals surface area contributed by atoms with Crippen LogP contribution in [0, 0.1) is 6.92 Å². The average Bonchev–Trinajstić information content (AvgIpc) is 2.91. The van der Waals surface area contributed by atoms with E-state index in [2.05, 4.69) is 15.9 Å². The first-order chi connectivity index (χ1) is 9.11. The van der Waals surface area contributed by atoms with Crippen LogP contribution in [0.25, 0.3) is 0 Å². The zero-order valence-corrected chi connectivity index (χ0v) is 13.1. The molecule has 1 aliphatic heterocycles. The maximum Gasteiger partial charge on any atom is 0.125 e. The van der Waals surface area contributed by atoms with E-state index in [0.717, 1.165) is 47.2 Å². The van der Waals surface area contributed by atoms with Crippen molar-refractivity contribution < 1.29 is 14.6 Å². The molecule has 1 heterocycles. The lowest BCUT2D eigenvalue weighted by Crippen LogP contribution is -2.09. The third-order valence-corrected chi connectivity index (χ3v) is 4.51. The van der Waals surface area contributed by atoms with E-state index < -0.39 is 6.10 Å². The van der Waals surface area contributed by atoms with Crippen molar-refractivity contribution in [2.24, 2.45) is 0 Å². The summed E-state index contributed by atoms with van der Waals surface area (Å²) in [7, 11) is 1.64. The summed E-state index contributed by atoms with van der Waals surface area (Å²) in [5.41, 5.74) is 1.95. The molecule has 0 bridgehead atoms. The van der Waals surface area contributed by atoms with Crippen molar-refractivity contribution in [3.05, 3.63) is 27.7 Å². The average molecular weight is 329 g/mol. The molecular formula is C15H21BrO3. The van der Waals surface area contributed by atoms with Crippen molar-refractivity contribution in [1.29, 1.82) is 0 Å². The molecule has 1 saturated heterocycles. The van der Waals surface area contributed by atoms with Crippen LogP contribution >= 0.6 is 15.9 Å². The smallest absolute Gasteiger partial charge is 0.125 e. The number of benzene rings is 1. The largest absolute Gasteiger partial charge is 0.496 e. The van der Waals surface area contributed by atoms with Gasteiger partial charge in [0.25, 0.3) is 0 Å². The maximum atomic E-state index is 10.4. The Balaban J connectivity index is 2.04. The van der Waals surface area contributed by atoms with E-state index in [1.54, 1.807) is 7.11 Å². The van der Waals surface area contributed by atoms with E-state index in [9.17, 15) is 5.11 Å². The van der Waals surface area contributed by atoms with Crippen LogP contribution in [-0.4, -0.2) is 24.9 Å². The number of hydrogen-bond acceptors (Lipinski definition) is 3. The Labute approximate surface area is 123 Å². The summed E-state index contributed by atoms with van der Waals surface area (Å²) in [6, 6.07) is 3.91. The van der Waals surface area contributed by atoms with E-state index in [4.69, 9.17) is 9.47 Å². The highest BCUT2D eigenvalue weighted by Gasteiger charge is 2.20. The molecule has 0 radical (unpaired) electrons. The van der Waals surface area contributed by atoms with Crippen LogP contribution in [0.2, 0.25) is 0 Å². The molecule has 1 aromatic carbocycles. The van der Waals surface area contributed by atoms with Gasteiger partial charge in [-0.25, -0.2) is 0 Å². The summed E-state index contributed by atoms with van der Waals surface area (Å²) in [6.45, 7) is 2.87. The zero-order valence-electron chi connectivity index (χ0n) is 11.5. The molecule has 1 aromatic rings. The van der Waals surface area contributed by atoms with Crippen LogP contribution in [0.15, 0.2) is 16.6 Å². The predicted octanol–water partition coefficient (Wildman–Crippen LogP) is 3.76. The van der Waals surface area contributed by atoms with Gasteiger partial charge in [-0.3, -0.25) is 0 Å². The van der Waals surface area contributed by atoms with E-state index in [1.807, 2.05) is 19.1 Å². The number of ether oxygens (including phenoxy) is 2. The maximum absolute atomic E-state index is 10.4. The number of aliphatic hydroxyl groups excluding tert-OH is 1. The molecule has 19 heavy (non-hydrogen) atoms. The van der Waals surface area contributed by atoms with Crippen molar-refractivity contribution in [3.8, 4) is 5.75 Å². The topological polar surface area (TPSA) is 38.7 Å². The first-order valence-electron chi connectivity index (χ1n) is 6.75. The van der Waals surface area contributed by atoms with Crippen LogP contribution in [0.4, 0.5) is 0 Å². The summed E-state index contributed by atoms with van der Waals surface area (Å²) < 4.78 is 11.9. The third kappa shape index (κ3) is 3.71. The molecule has 2 rings (SSSR count). The highest BCUT2D eigenvalue weighted by atomic mass is 79.9. The number of hydrogen-bond donors (Lipinski definition) is 1. The number of aryl methyl sites for hydroxylation is 1. The standard InChI is InChI=1S/C15H21BrO3/c1-10-8-15(18-2)12(9-13(10)16)14(17)6-5-11-4-3-7-19-11/h8-9,11,14,17H,3-7H2,1-2H3. The second kappa shape index (κ2) is 6.73. The van der Waals surface area contributed by atoms with Crippen LogP contribution in [-0.2, 0) is 4.74 Å². The lowest BCUT2D eigenvalue weighted by Gasteiger charge is -2.18. The van der Waals surface area contributed by atoms with Crippen molar-refractivity contribution in [3.63, 3.8) is 0 Å². The van der Waals surface area contributed by atoms with Crippen LogP contribution in [0.5, 0.6) is 5.75 Å². The molecule has 0 spiro atoms. The SMILES string of the molecule is COc1cc(C)c(Br)cc1C(O)CCC1CCCO1. The molecule has 0 aliphatic carbocycles. The van der Waals surface area contributed by atoms with Crippen LogP contribution in [0.3, 0.4) is 0 Å². The van der Waals surface area contributed by atoms with Crippen molar-refractivity contribution in [2.45, 2.75) is 44.8 Å². The van der Waals surface area contributed by atoms with Gasteiger partial charge in [-0.1, -0.05) is 15.9 Å². The van der Waals surface area contributed by atoms with Gasteiger partial charge >= 0.3 is 0 Å². The molecular weight excluding hydrogens is 308 g/mol. The number of methoxy groups -OCH3 is 1. The van der Waals surface area contributed by atoms with E-state index >= 15 is 0 Å². The minimum absolute atomic E-state index is 0.314. The van der Waals surface area contributed by atoms with E-state index in [1.165, 1.54) is 0 Å². The van der Waals surface area contributed by atoms with Crippen LogP contribution < -0.4 is 4.74 Å². The van der Waals surface area contributed by atoms with Gasteiger partial charge in [-0.15, -0.1) is 0 Å². The summed E-state index contributed by atoms with van der Waals surface area (Å²) in [6.07, 6.45) is 3.67. The molecule has 0 saturated carbocycles. The Kier molecular flexibility index (Phi) is 5.25. The van der Waals surface area contributed by atoms with Gasteiger partial charge in [0.2, 0.25) is 0 Å². The van der Waals surface area contributed by atoms with Gasteiger partial charge in [0.1, 0.15) is 5.75 Å². The Morgan fingerprint density at radius 2 is 2.32 bits per heavy atom. The number of halogens is 1. The normalized spacial score (nSPS) is 20.5. The quantitative estimate of drug-likeness (QED) is 0.894. The van der Waals surface area contributed by atoms with Crippen LogP contribution in [0.1, 0.15) is 42.9 Å². The van der Waals surface area contributed by atoms with E-state index in [-0.39, 0.29) is 0 Å². The molecule has 2 atom stereocenters. The second-order valence-corrected chi connectivity index (χ2v) is 5.93. The summed E-state index contributed by atoms with van der Waals surface area (Å²) >= 11 is 3.50. The number of rotatable bonds is 5. The van der Waals surface area contributed by atoms with Gasteiger partial charge in [-0.2, -0.15) is 0 Å². The molecule has 1 N–H and O–H groups in total. The minimum Gasteiger partial charge on any atom is -0.496 e. The molecule has 2 unspecified atom stereocenters. The molecule has 0 amide bonds. The molecule has 4 heteroatoms. The molecule has 0 aromatic heterocycles. The van der Waals surface area contributed by atoms with E-state index in [0.29, 0.717) is 12.5 Å². The van der Waals surface area contributed by atoms with Gasteiger partial charge in [0.05, 0.1) is 19.3 Å². The summed E-state index contributed by atoms with van der Waals surface area (Å²) in [5, 5.41) is 10.4. The monoisotopic (exact) mass is 328 g/mol. The first kappa shape index (κ1) is 14.8. The second-order valence-electron chi connectivity index (χ2n) is 5.07. The molecule has 3 nitrogen and oxygen atoms in total. The van der Waals surface area contributed by atoms with Crippen molar-refractivity contribution in [2.75, 3.05) is 13.7 Å². The zero-order chi connectivity index (χ0) is 13.8. The fraction of sp³-hybridized carbons (Fsp3) is 0.600. The molecule has 1 aliphatic rings. The lowest BCUT2D eigenvalue weighted by molar-refractivity contribution is 0.0805. The third-order valence-electron chi connectivity index (χ3n) is 3.66. The van der Waals surface area contributed by atoms with Crippen molar-refractivity contribution >= 4 is 15.9 Å². The Bertz CT molecular complexity index is 428. The van der Waals surface area contributed by atoms with Gasteiger partial charge in [0, 0.05) is 16.6 Å². The van der Waals surface area contributed by atoms with Gasteiger partial charge < -0.3 is 14.6 Å².